The SMILES string of the molecule is [B]1N(c2cc(-c3ccccc3)ccn2)CCN1c1cc(-c2ccccc2)ccn1.[Ir]. The molecule has 0 saturated carbocycles. The van der Waals surface area contributed by atoms with Crippen LogP contribution in [0.15, 0.2) is 97.3 Å². The zero-order valence-corrected chi connectivity index (χ0v) is 18.7. The molecule has 4 nitrogen and oxygen atoms in total. The largest absolute Gasteiger partial charge is 0.394 e. The summed E-state index contributed by atoms with van der Waals surface area (Å²) in [6.07, 6.45) is 3.75. The first-order valence-corrected chi connectivity index (χ1v) is 9.78. The number of rotatable bonds is 4. The summed E-state index contributed by atoms with van der Waals surface area (Å²) in [7, 11) is 2.11. The predicted molar refractivity (Wildman–Crippen MR) is 120 cm³/mol. The van der Waals surface area contributed by atoms with Gasteiger partial charge in [0.2, 0.25) is 0 Å². The average molecular weight is 567 g/mol. The molecule has 0 spiro atoms. The molecule has 0 atom stereocenters. The Labute approximate surface area is 191 Å². The van der Waals surface area contributed by atoms with Crippen LogP contribution < -0.4 is 9.62 Å². The molecular weight excluding hydrogens is 547 g/mol. The van der Waals surface area contributed by atoms with E-state index in [0.29, 0.717) is 0 Å². The van der Waals surface area contributed by atoms with Crippen molar-refractivity contribution in [3.63, 3.8) is 0 Å². The van der Waals surface area contributed by atoms with E-state index in [0.717, 1.165) is 24.7 Å². The fourth-order valence-electron chi connectivity index (χ4n) is 3.62. The van der Waals surface area contributed by atoms with E-state index in [2.05, 4.69) is 99.9 Å². The van der Waals surface area contributed by atoms with Crippen molar-refractivity contribution < 1.29 is 20.1 Å². The number of benzene rings is 2. The van der Waals surface area contributed by atoms with E-state index in [1.807, 2.05) is 24.5 Å². The number of nitrogens with zero attached hydrogens (tertiary/aromatic N) is 4. The van der Waals surface area contributed by atoms with E-state index in [1.165, 1.54) is 22.3 Å². The summed E-state index contributed by atoms with van der Waals surface area (Å²) in [6.45, 7) is 1.75. The summed E-state index contributed by atoms with van der Waals surface area (Å²) < 4.78 is 0. The first-order valence-electron chi connectivity index (χ1n) is 9.78. The Hall–Kier alpha value is -2.95. The van der Waals surface area contributed by atoms with Gasteiger partial charge in [-0.05, 0) is 46.5 Å². The Morgan fingerprint density at radius 3 is 1.43 bits per heavy atom. The molecule has 3 heterocycles. The second kappa shape index (κ2) is 9.25. The van der Waals surface area contributed by atoms with Crippen molar-refractivity contribution in [1.82, 2.24) is 9.97 Å². The standard InChI is InChI=1S/C24H20BN4.Ir/c1-3-7-19(8-4-1)21-11-13-26-23(17-21)28-15-16-29(25-28)24-18-22(12-14-27-24)20-9-5-2-6-10-20;/h1-14,17-18H,15-16H2;. The predicted octanol–water partition coefficient (Wildman–Crippen LogP) is 4.67. The molecule has 2 aromatic heterocycles. The molecule has 5 rings (SSSR count). The molecule has 0 unspecified atom stereocenters. The van der Waals surface area contributed by atoms with Gasteiger partial charge < -0.3 is 9.62 Å². The van der Waals surface area contributed by atoms with Gasteiger partial charge in [0.15, 0.2) is 0 Å². The number of anilines is 2. The van der Waals surface area contributed by atoms with E-state index in [1.54, 1.807) is 0 Å². The maximum Gasteiger partial charge on any atom is 0.394 e. The van der Waals surface area contributed by atoms with Crippen LogP contribution in [0.25, 0.3) is 22.3 Å². The minimum absolute atomic E-state index is 0. The molecule has 0 N–H and O–H groups in total. The molecule has 0 bridgehead atoms. The van der Waals surface area contributed by atoms with Crippen molar-refractivity contribution in [2.24, 2.45) is 0 Å². The van der Waals surface area contributed by atoms with Gasteiger partial charge in [-0.3, -0.25) is 0 Å². The fraction of sp³-hybridized carbons (Fsp3) is 0.0833. The van der Waals surface area contributed by atoms with E-state index < -0.39 is 0 Å². The Kier molecular flexibility index (Phi) is 6.27. The van der Waals surface area contributed by atoms with Gasteiger partial charge in [-0.25, -0.2) is 9.97 Å². The minimum atomic E-state index is 0. The minimum Gasteiger partial charge on any atom is -0.382 e. The maximum atomic E-state index is 4.59. The summed E-state index contributed by atoms with van der Waals surface area (Å²) in [5.41, 5.74) is 4.74. The monoisotopic (exact) mass is 568 g/mol. The second-order valence-corrected chi connectivity index (χ2v) is 7.04. The fourth-order valence-corrected chi connectivity index (χ4v) is 3.62. The van der Waals surface area contributed by atoms with Gasteiger partial charge in [0.25, 0.3) is 0 Å². The third-order valence-electron chi connectivity index (χ3n) is 5.15. The van der Waals surface area contributed by atoms with Gasteiger partial charge in [0, 0.05) is 45.6 Å². The first kappa shape index (κ1) is 20.3. The van der Waals surface area contributed by atoms with Crippen LogP contribution in [-0.4, -0.2) is 30.6 Å². The molecule has 1 aliphatic rings. The molecular formula is C24H20BIrN4. The zero-order chi connectivity index (χ0) is 19.5. The smallest absolute Gasteiger partial charge is 0.382 e. The van der Waals surface area contributed by atoms with Gasteiger partial charge in [-0.15, -0.1) is 0 Å². The second-order valence-electron chi connectivity index (χ2n) is 7.04. The van der Waals surface area contributed by atoms with Gasteiger partial charge in [-0.2, -0.15) is 0 Å². The summed E-state index contributed by atoms with van der Waals surface area (Å²) in [5, 5.41) is 0. The van der Waals surface area contributed by atoms with Crippen LogP contribution in [0, 0.1) is 0 Å². The molecule has 6 heteroatoms. The quantitative estimate of drug-likeness (QED) is 0.336. The first-order chi connectivity index (χ1) is 14.4. The molecule has 30 heavy (non-hydrogen) atoms. The van der Waals surface area contributed by atoms with E-state index in [4.69, 9.17) is 0 Å². The maximum absolute atomic E-state index is 4.59. The van der Waals surface area contributed by atoms with Crippen LogP contribution in [0.4, 0.5) is 11.6 Å². The van der Waals surface area contributed by atoms with Crippen LogP contribution in [-0.2, 0) is 20.1 Å². The van der Waals surface area contributed by atoms with Crippen LogP contribution in [0.3, 0.4) is 0 Å². The van der Waals surface area contributed by atoms with Crippen molar-refractivity contribution >= 4 is 19.2 Å². The van der Waals surface area contributed by atoms with Crippen LogP contribution in [0.1, 0.15) is 0 Å². The normalized spacial score (nSPS) is 12.9. The Balaban J connectivity index is 0.00000218. The van der Waals surface area contributed by atoms with Crippen molar-refractivity contribution in [2.45, 2.75) is 0 Å². The van der Waals surface area contributed by atoms with Gasteiger partial charge >= 0.3 is 7.55 Å². The Morgan fingerprint density at radius 1 is 0.567 bits per heavy atom. The molecule has 2 radical (unpaired) electrons. The van der Waals surface area contributed by atoms with Crippen LogP contribution in [0.2, 0.25) is 0 Å². The average Bonchev–Trinajstić information content (AvgIpc) is 3.31. The van der Waals surface area contributed by atoms with Crippen molar-refractivity contribution in [3.8, 4) is 22.3 Å². The van der Waals surface area contributed by atoms with Crippen molar-refractivity contribution in [3.05, 3.63) is 97.3 Å². The molecule has 0 amide bonds. The summed E-state index contributed by atoms with van der Waals surface area (Å²) in [4.78, 5) is 13.5. The summed E-state index contributed by atoms with van der Waals surface area (Å²) >= 11 is 0. The molecule has 148 valence electrons. The Bertz CT molecular complexity index is 1020. The van der Waals surface area contributed by atoms with Crippen LogP contribution in [0.5, 0.6) is 0 Å². The third kappa shape index (κ3) is 4.30. The molecule has 1 saturated heterocycles. The Morgan fingerprint density at radius 2 is 1.00 bits per heavy atom. The zero-order valence-electron chi connectivity index (χ0n) is 16.4. The van der Waals surface area contributed by atoms with Crippen molar-refractivity contribution in [2.75, 3.05) is 22.7 Å². The summed E-state index contributed by atoms with van der Waals surface area (Å²) in [5.74, 6) is 1.90. The number of pyridine rings is 2. The summed E-state index contributed by atoms with van der Waals surface area (Å²) in [6, 6.07) is 29.2. The topological polar surface area (TPSA) is 32.3 Å². The van der Waals surface area contributed by atoms with Crippen LogP contribution >= 0.6 is 0 Å². The molecule has 0 aliphatic carbocycles. The molecule has 4 aromatic rings. The van der Waals surface area contributed by atoms with Crippen molar-refractivity contribution in [1.29, 1.82) is 0 Å². The number of hydrogen-bond acceptors (Lipinski definition) is 4. The molecule has 1 aliphatic heterocycles. The van der Waals surface area contributed by atoms with Gasteiger partial charge in [0.05, 0.1) is 0 Å². The van der Waals surface area contributed by atoms with E-state index in [-0.39, 0.29) is 20.1 Å². The van der Waals surface area contributed by atoms with E-state index >= 15 is 0 Å². The van der Waals surface area contributed by atoms with E-state index in [9.17, 15) is 0 Å². The third-order valence-corrected chi connectivity index (χ3v) is 5.15. The van der Waals surface area contributed by atoms with Gasteiger partial charge in [-0.1, -0.05) is 60.7 Å². The number of hydrogen-bond donors (Lipinski definition) is 0. The molecule has 1 fully saturated rings. The van der Waals surface area contributed by atoms with Gasteiger partial charge in [0.1, 0.15) is 11.6 Å². The number of aromatic nitrogens is 2. The molecule has 2 aromatic carbocycles.